The third-order valence-corrected chi connectivity index (χ3v) is 3.97. The molecule has 0 N–H and O–H groups in total. The molecule has 0 fully saturated rings. The van der Waals surface area contributed by atoms with Crippen LogP contribution < -0.4 is 9.47 Å². The first kappa shape index (κ1) is 19.0. The van der Waals surface area contributed by atoms with Gasteiger partial charge in [-0.15, -0.1) is 0 Å². The number of carbonyl (C=O) groups excluding carboxylic acids is 2. The van der Waals surface area contributed by atoms with Gasteiger partial charge in [0, 0.05) is 17.2 Å². The lowest BCUT2D eigenvalue weighted by molar-refractivity contribution is -0.128. The van der Waals surface area contributed by atoms with Crippen LogP contribution in [0.1, 0.15) is 21.5 Å². The van der Waals surface area contributed by atoms with E-state index < -0.39 is 11.8 Å². The van der Waals surface area contributed by atoms with E-state index in [1.165, 1.54) is 42.5 Å². The Morgan fingerprint density at radius 3 is 1.89 bits per heavy atom. The maximum absolute atomic E-state index is 13.0. The van der Waals surface area contributed by atoms with Crippen LogP contribution >= 0.6 is 0 Å². The summed E-state index contributed by atoms with van der Waals surface area (Å²) < 4.78 is 23.3. The average Bonchev–Trinajstić information content (AvgIpc) is 2.73. The third kappa shape index (κ3) is 4.92. The quantitative estimate of drug-likeness (QED) is 0.271. The second-order valence-electron chi connectivity index (χ2n) is 5.89. The molecule has 0 bridgehead atoms. The number of rotatable bonds is 6. The lowest BCUT2D eigenvalue weighted by atomic mass is 10.0. The number of carbonyl (C=O) groups is 2. The number of ketones is 1. The van der Waals surface area contributed by atoms with Gasteiger partial charge in [-0.1, -0.05) is 12.1 Å². The smallest absolute Gasteiger partial charge is 0.336 e. The molecule has 0 heterocycles. The fourth-order valence-electron chi connectivity index (χ4n) is 2.47. The van der Waals surface area contributed by atoms with Gasteiger partial charge >= 0.3 is 5.97 Å². The van der Waals surface area contributed by atoms with Crippen molar-refractivity contribution in [2.24, 2.45) is 0 Å². The summed E-state index contributed by atoms with van der Waals surface area (Å²) in [5.41, 5.74) is 1.63. The maximum Gasteiger partial charge on any atom is 0.336 e. The van der Waals surface area contributed by atoms with Crippen LogP contribution in [0.15, 0.2) is 78.9 Å². The van der Waals surface area contributed by atoms with Gasteiger partial charge in [0.1, 0.15) is 17.3 Å². The zero-order valence-corrected chi connectivity index (χ0v) is 15.1. The molecule has 4 nitrogen and oxygen atoms in total. The predicted octanol–water partition coefficient (Wildman–Crippen LogP) is 4.68. The second-order valence-corrected chi connectivity index (χ2v) is 5.89. The van der Waals surface area contributed by atoms with Gasteiger partial charge in [0.2, 0.25) is 0 Å². The van der Waals surface area contributed by atoms with E-state index in [0.29, 0.717) is 16.9 Å². The first-order valence-corrected chi connectivity index (χ1v) is 8.49. The molecule has 0 aliphatic carbocycles. The molecule has 0 amide bonds. The van der Waals surface area contributed by atoms with E-state index in [9.17, 15) is 14.0 Å². The minimum Gasteiger partial charge on any atom is -0.497 e. The monoisotopic (exact) mass is 376 g/mol. The zero-order chi connectivity index (χ0) is 19.9. The minimum absolute atomic E-state index is 0.239. The van der Waals surface area contributed by atoms with Crippen LogP contribution in [0.3, 0.4) is 0 Å². The minimum atomic E-state index is -0.534. The lowest BCUT2D eigenvalue weighted by Crippen LogP contribution is -2.05. The molecule has 3 rings (SSSR count). The number of ether oxygens (including phenoxy) is 2. The van der Waals surface area contributed by atoms with E-state index >= 15 is 0 Å². The molecule has 0 unspecified atom stereocenters. The summed E-state index contributed by atoms with van der Waals surface area (Å²) >= 11 is 0. The van der Waals surface area contributed by atoms with E-state index in [2.05, 4.69) is 0 Å². The van der Waals surface area contributed by atoms with Gasteiger partial charge in [-0.3, -0.25) is 4.79 Å². The highest BCUT2D eigenvalue weighted by Crippen LogP contribution is 2.17. The Balaban J connectivity index is 1.61. The molecule has 0 saturated heterocycles. The molecule has 5 heteroatoms. The average molecular weight is 376 g/mol. The Morgan fingerprint density at radius 2 is 1.32 bits per heavy atom. The van der Waals surface area contributed by atoms with E-state index in [-0.39, 0.29) is 5.78 Å². The number of methoxy groups -OCH3 is 1. The van der Waals surface area contributed by atoms with Crippen molar-refractivity contribution in [1.29, 1.82) is 0 Å². The fraction of sp³-hybridized carbons (Fsp3) is 0.0435. The Bertz CT molecular complexity index is 988. The largest absolute Gasteiger partial charge is 0.497 e. The summed E-state index contributed by atoms with van der Waals surface area (Å²) in [5.74, 6) is -0.123. The van der Waals surface area contributed by atoms with Crippen LogP contribution in [0.5, 0.6) is 11.5 Å². The summed E-state index contributed by atoms with van der Waals surface area (Å²) in [6.07, 6.45) is 2.95. The van der Waals surface area contributed by atoms with E-state index in [1.54, 1.807) is 37.5 Å². The number of hydrogen-bond donors (Lipinski definition) is 0. The highest BCUT2D eigenvalue weighted by molar-refractivity contribution is 6.09. The highest BCUT2D eigenvalue weighted by Gasteiger charge is 2.10. The molecule has 3 aromatic rings. The molecule has 0 aliphatic rings. The van der Waals surface area contributed by atoms with Crippen molar-refractivity contribution in [3.05, 3.63) is 101 Å². The third-order valence-electron chi connectivity index (χ3n) is 3.97. The van der Waals surface area contributed by atoms with Crippen LogP contribution in [0, 0.1) is 5.82 Å². The summed E-state index contributed by atoms with van der Waals surface area (Å²) in [7, 11) is 1.58. The molecule has 0 atom stereocenters. The fourth-order valence-corrected chi connectivity index (χ4v) is 2.47. The molecule has 0 radical (unpaired) electrons. The lowest BCUT2D eigenvalue weighted by Gasteiger charge is -2.04. The van der Waals surface area contributed by atoms with Gasteiger partial charge in [-0.05, 0) is 72.3 Å². The van der Waals surface area contributed by atoms with Crippen LogP contribution in [0.4, 0.5) is 4.39 Å². The molecule has 140 valence electrons. The van der Waals surface area contributed by atoms with Crippen molar-refractivity contribution in [3.63, 3.8) is 0 Å². The van der Waals surface area contributed by atoms with Gasteiger partial charge in [0.15, 0.2) is 5.78 Å². The Labute approximate surface area is 161 Å². The molecule has 3 aromatic carbocycles. The highest BCUT2D eigenvalue weighted by atomic mass is 19.1. The summed E-state index contributed by atoms with van der Waals surface area (Å²) in [4.78, 5) is 24.3. The van der Waals surface area contributed by atoms with Crippen molar-refractivity contribution in [3.8, 4) is 11.5 Å². The molecule has 0 aromatic heterocycles. The van der Waals surface area contributed by atoms with Crippen molar-refractivity contribution >= 4 is 17.8 Å². The molecular formula is C23H17FO4. The molecule has 0 spiro atoms. The molecule has 0 aliphatic heterocycles. The molecule has 28 heavy (non-hydrogen) atoms. The number of esters is 1. The maximum atomic E-state index is 13.0. The van der Waals surface area contributed by atoms with E-state index in [0.717, 1.165) is 11.3 Å². The Morgan fingerprint density at radius 1 is 0.786 bits per heavy atom. The van der Waals surface area contributed by atoms with E-state index in [4.69, 9.17) is 9.47 Å². The van der Waals surface area contributed by atoms with Crippen LogP contribution in [-0.4, -0.2) is 18.9 Å². The molecular weight excluding hydrogens is 359 g/mol. The van der Waals surface area contributed by atoms with Crippen molar-refractivity contribution < 1.29 is 23.5 Å². The number of halogens is 1. The molecule has 0 saturated carbocycles. The van der Waals surface area contributed by atoms with Gasteiger partial charge in [-0.25, -0.2) is 9.18 Å². The predicted molar refractivity (Wildman–Crippen MR) is 104 cm³/mol. The summed E-state index contributed by atoms with van der Waals surface area (Å²) in [6, 6.07) is 18.7. The standard InChI is InChI=1S/C23H17FO4/c1-27-20-11-2-16(3-12-20)4-15-22(25)28-21-13-7-18(8-14-21)23(26)17-5-9-19(24)10-6-17/h2-15H,1H3/b15-4+. The number of hydrogen-bond acceptors (Lipinski definition) is 4. The van der Waals surface area contributed by atoms with Crippen LogP contribution in [0.25, 0.3) is 6.08 Å². The summed E-state index contributed by atoms with van der Waals surface area (Å²) in [5, 5.41) is 0. The Hall–Kier alpha value is -3.73. The normalized spacial score (nSPS) is 10.6. The van der Waals surface area contributed by atoms with Gasteiger partial charge in [0.25, 0.3) is 0 Å². The number of benzene rings is 3. The summed E-state index contributed by atoms with van der Waals surface area (Å²) in [6.45, 7) is 0. The van der Waals surface area contributed by atoms with Gasteiger partial charge in [-0.2, -0.15) is 0 Å². The van der Waals surface area contributed by atoms with Gasteiger partial charge < -0.3 is 9.47 Å². The SMILES string of the molecule is COc1ccc(/C=C/C(=O)Oc2ccc(C(=O)c3ccc(F)cc3)cc2)cc1. The van der Waals surface area contributed by atoms with Crippen molar-refractivity contribution in [2.75, 3.05) is 7.11 Å². The van der Waals surface area contributed by atoms with Crippen molar-refractivity contribution in [1.82, 2.24) is 0 Å². The first-order chi connectivity index (χ1) is 13.5. The van der Waals surface area contributed by atoms with Crippen molar-refractivity contribution in [2.45, 2.75) is 0 Å². The van der Waals surface area contributed by atoms with Crippen LogP contribution in [-0.2, 0) is 4.79 Å². The zero-order valence-electron chi connectivity index (χ0n) is 15.1. The second kappa shape index (κ2) is 8.77. The topological polar surface area (TPSA) is 52.6 Å². The van der Waals surface area contributed by atoms with Crippen LogP contribution in [0.2, 0.25) is 0 Å². The van der Waals surface area contributed by atoms with Gasteiger partial charge in [0.05, 0.1) is 7.11 Å². The Kier molecular flexibility index (Phi) is 5.97. The van der Waals surface area contributed by atoms with E-state index in [1.807, 2.05) is 12.1 Å². The first-order valence-electron chi connectivity index (χ1n) is 8.49.